The number of nitrogens with zero attached hydrogens (tertiary/aromatic N) is 3. The molecular weight excluding hydrogens is 358 g/mol. The molecule has 0 N–H and O–H groups in total. The Hall–Kier alpha value is -2.47. The normalized spacial score (nSPS) is 20.8. The highest BCUT2D eigenvalue weighted by Crippen LogP contribution is 2.46. The minimum atomic E-state index is 0.134. The highest BCUT2D eigenvalue weighted by Gasteiger charge is 2.51. The van der Waals surface area contributed by atoms with Crippen LogP contribution in [0.3, 0.4) is 0 Å². The van der Waals surface area contributed by atoms with Gasteiger partial charge in [0.15, 0.2) is 0 Å². The summed E-state index contributed by atoms with van der Waals surface area (Å²) >= 11 is 1.94. The summed E-state index contributed by atoms with van der Waals surface area (Å²) in [6.45, 7) is 1.60. The second kappa shape index (κ2) is 6.30. The molecule has 2 aliphatic rings. The number of carbonyl (C=O) groups excluding carboxylic acids is 1. The Bertz CT molecular complexity index is 995. The molecule has 6 heteroatoms. The Morgan fingerprint density at radius 2 is 2.11 bits per heavy atom. The van der Waals surface area contributed by atoms with Crippen LogP contribution in [0.5, 0.6) is 5.75 Å². The Morgan fingerprint density at radius 1 is 1.26 bits per heavy atom. The maximum absolute atomic E-state index is 13.0. The molecule has 0 bridgehead atoms. The van der Waals surface area contributed by atoms with Gasteiger partial charge in [-0.2, -0.15) is 0 Å². The lowest BCUT2D eigenvalue weighted by atomic mass is 9.92. The molecule has 0 aliphatic carbocycles. The second-order valence-corrected chi connectivity index (χ2v) is 8.95. The van der Waals surface area contributed by atoms with Gasteiger partial charge < -0.3 is 14.2 Å². The van der Waals surface area contributed by atoms with Crippen LogP contribution in [0.2, 0.25) is 0 Å². The third-order valence-corrected chi connectivity index (χ3v) is 7.06. The first-order chi connectivity index (χ1) is 13.1. The molecule has 2 fully saturated rings. The van der Waals surface area contributed by atoms with Crippen LogP contribution in [-0.2, 0) is 7.05 Å². The van der Waals surface area contributed by atoms with E-state index < -0.39 is 0 Å². The van der Waals surface area contributed by atoms with Crippen LogP contribution >= 0.6 is 11.8 Å². The molecule has 138 valence electrons. The molecule has 1 aromatic carbocycles. The van der Waals surface area contributed by atoms with E-state index in [1.54, 1.807) is 12.4 Å². The standard InChI is InChI=1S/C21H21N3O2S/c1-23-11-18(17-6-2-3-7-19(17)23)20(25)24-13-21(14-24)9-16(12-27-21)26-15-5-4-8-22-10-15/h2-8,10-11,16H,9,12-14H2,1H3/t16-/m0/s1. The van der Waals surface area contributed by atoms with Crippen LogP contribution in [0.4, 0.5) is 0 Å². The lowest BCUT2D eigenvalue weighted by Crippen LogP contribution is -2.60. The molecule has 0 unspecified atom stereocenters. The summed E-state index contributed by atoms with van der Waals surface area (Å²) in [5.74, 6) is 1.92. The highest BCUT2D eigenvalue weighted by atomic mass is 32.2. The van der Waals surface area contributed by atoms with E-state index in [2.05, 4.69) is 11.1 Å². The summed E-state index contributed by atoms with van der Waals surface area (Å²) in [5.41, 5.74) is 1.89. The van der Waals surface area contributed by atoms with E-state index in [1.165, 1.54) is 0 Å². The first-order valence-corrected chi connectivity index (χ1v) is 10.2. The van der Waals surface area contributed by atoms with Crippen LogP contribution in [-0.4, -0.2) is 50.1 Å². The number of para-hydroxylation sites is 1. The van der Waals surface area contributed by atoms with Gasteiger partial charge in [-0.1, -0.05) is 18.2 Å². The van der Waals surface area contributed by atoms with Crippen molar-refractivity contribution in [1.29, 1.82) is 0 Å². The molecule has 1 atom stereocenters. The number of aromatic nitrogens is 2. The third kappa shape index (κ3) is 2.88. The fourth-order valence-electron chi connectivity index (χ4n) is 4.18. The van der Waals surface area contributed by atoms with E-state index in [4.69, 9.17) is 4.74 Å². The summed E-state index contributed by atoms with van der Waals surface area (Å²) in [4.78, 5) is 19.1. The average molecular weight is 379 g/mol. The predicted octanol–water partition coefficient (Wildman–Crippen LogP) is 3.35. The van der Waals surface area contributed by atoms with Gasteiger partial charge in [-0.25, -0.2) is 0 Å². The summed E-state index contributed by atoms with van der Waals surface area (Å²) < 4.78 is 8.23. The molecule has 5 rings (SSSR count). The van der Waals surface area contributed by atoms with E-state index in [-0.39, 0.29) is 16.8 Å². The molecule has 4 heterocycles. The topological polar surface area (TPSA) is 47.4 Å². The number of rotatable bonds is 3. The predicted molar refractivity (Wildman–Crippen MR) is 107 cm³/mol. The number of thioether (sulfide) groups is 1. The van der Waals surface area contributed by atoms with E-state index in [0.717, 1.165) is 47.5 Å². The molecular formula is C21H21N3O2S. The number of hydrogen-bond donors (Lipinski definition) is 0. The summed E-state index contributed by atoms with van der Waals surface area (Å²) in [5, 5.41) is 1.03. The van der Waals surface area contributed by atoms with Crippen LogP contribution < -0.4 is 4.74 Å². The quantitative estimate of drug-likeness (QED) is 0.700. The number of aryl methyl sites for hydroxylation is 1. The summed E-state index contributed by atoms with van der Waals surface area (Å²) in [7, 11) is 1.99. The van der Waals surface area contributed by atoms with Gasteiger partial charge in [0.05, 0.1) is 16.5 Å². The van der Waals surface area contributed by atoms with Crippen molar-refractivity contribution in [3.8, 4) is 5.75 Å². The Labute approximate surface area is 162 Å². The molecule has 1 spiro atoms. The number of ether oxygens (including phenoxy) is 1. The number of carbonyl (C=O) groups is 1. The van der Waals surface area contributed by atoms with Gasteiger partial charge in [-0.05, 0) is 18.2 Å². The molecule has 0 radical (unpaired) electrons. The van der Waals surface area contributed by atoms with Crippen LogP contribution in [0.15, 0.2) is 55.0 Å². The van der Waals surface area contributed by atoms with Crippen molar-refractivity contribution >= 4 is 28.6 Å². The minimum Gasteiger partial charge on any atom is -0.488 e. The number of pyridine rings is 1. The lowest BCUT2D eigenvalue weighted by molar-refractivity contribution is 0.0519. The average Bonchev–Trinajstić information content (AvgIpc) is 3.23. The molecule has 2 aliphatic heterocycles. The molecule has 0 saturated carbocycles. The van der Waals surface area contributed by atoms with Crippen LogP contribution in [0.25, 0.3) is 10.9 Å². The number of amides is 1. The van der Waals surface area contributed by atoms with E-state index in [0.29, 0.717) is 0 Å². The maximum Gasteiger partial charge on any atom is 0.256 e. The first kappa shape index (κ1) is 16.7. The van der Waals surface area contributed by atoms with Gasteiger partial charge in [0.2, 0.25) is 0 Å². The van der Waals surface area contributed by atoms with Crippen LogP contribution in [0.1, 0.15) is 16.8 Å². The zero-order valence-corrected chi connectivity index (χ0v) is 16.0. The van der Waals surface area contributed by atoms with Gasteiger partial charge in [0, 0.05) is 55.6 Å². The van der Waals surface area contributed by atoms with Gasteiger partial charge in [-0.15, -0.1) is 11.8 Å². The minimum absolute atomic E-state index is 0.134. The second-order valence-electron chi connectivity index (χ2n) is 7.46. The number of likely N-dealkylation sites (tertiary alicyclic amines) is 1. The highest BCUT2D eigenvalue weighted by molar-refractivity contribution is 8.01. The summed E-state index contributed by atoms with van der Waals surface area (Å²) in [6, 6.07) is 11.9. The largest absolute Gasteiger partial charge is 0.488 e. The first-order valence-electron chi connectivity index (χ1n) is 9.18. The Balaban J connectivity index is 1.26. The van der Waals surface area contributed by atoms with Crippen molar-refractivity contribution in [2.75, 3.05) is 18.8 Å². The van der Waals surface area contributed by atoms with Crippen molar-refractivity contribution in [3.05, 3.63) is 60.6 Å². The zero-order chi connectivity index (χ0) is 18.4. The van der Waals surface area contributed by atoms with E-state index >= 15 is 0 Å². The summed E-state index contributed by atoms with van der Waals surface area (Å²) in [6.07, 6.45) is 6.63. The fourth-order valence-corrected chi connectivity index (χ4v) is 5.71. The van der Waals surface area contributed by atoms with Gasteiger partial charge in [0.25, 0.3) is 5.91 Å². The maximum atomic E-state index is 13.0. The monoisotopic (exact) mass is 379 g/mol. The molecule has 5 nitrogen and oxygen atoms in total. The molecule has 3 aromatic rings. The van der Waals surface area contributed by atoms with Crippen molar-refractivity contribution in [3.63, 3.8) is 0 Å². The van der Waals surface area contributed by atoms with Gasteiger partial charge in [-0.3, -0.25) is 9.78 Å². The molecule has 2 saturated heterocycles. The van der Waals surface area contributed by atoms with Crippen molar-refractivity contribution in [1.82, 2.24) is 14.5 Å². The Kier molecular flexibility index (Phi) is 3.90. The molecule has 2 aromatic heterocycles. The third-order valence-electron chi connectivity index (χ3n) is 5.48. The SMILES string of the molecule is Cn1cc(C(=O)N2CC3(C[C@H](Oc4cccnc4)CS3)C2)c2ccccc21. The van der Waals surface area contributed by atoms with Crippen molar-refractivity contribution in [2.45, 2.75) is 17.3 Å². The van der Waals surface area contributed by atoms with Gasteiger partial charge in [0.1, 0.15) is 11.9 Å². The fraction of sp³-hybridized carbons (Fsp3) is 0.333. The molecule has 1 amide bonds. The van der Waals surface area contributed by atoms with Crippen LogP contribution in [0, 0.1) is 0 Å². The van der Waals surface area contributed by atoms with Crippen molar-refractivity contribution < 1.29 is 9.53 Å². The van der Waals surface area contributed by atoms with Gasteiger partial charge >= 0.3 is 0 Å². The number of hydrogen-bond acceptors (Lipinski definition) is 4. The van der Waals surface area contributed by atoms with E-state index in [1.807, 2.05) is 64.8 Å². The number of benzene rings is 1. The van der Waals surface area contributed by atoms with Crippen molar-refractivity contribution in [2.24, 2.45) is 7.05 Å². The Morgan fingerprint density at radius 3 is 2.93 bits per heavy atom. The lowest BCUT2D eigenvalue weighted by Gasteiger charge is -2.47. The zero-order valence-electron chi connectivity index (χ0n) is 15.2. The molecule has 27 heavy (non-hydrogen) atoms. The number of fused-ring (bicyclic) bond motifs is 1. The van der Waals surface area contributed by atoms with E-state index in [9.17, 15) is 4.79 Å². The smallest absolute Gasteiger partial charge is 0.256 e.